The standard InChI is InChI=1S/C45H60BF3O3/c1-4-7-31-10-16-34(17-11-31)37-22-25-43(40(47)28-37)50-46(51-44-26-23-38(29-41(44)48)35-18-12-32(8-5-2)13-19-35)52-45-27-24-39(30-42(45)49)36-20-14-33(9-6-3)15-21-36/h22-36H,4-21H2,1-3H3/t31-,32-,33-,34-,35-,36-. The molecule has 0 spiro atoms. The summed E-state index contributed by atoms with van der Waals surface area (Å²) >= 11 is 0. The predicted molar refractivity (Wildman–Crippen MR) is 206 cm³/mol. The Bertz CT molecular complexity index is 1370. The van der Waals surface area contributed by atoms with Gasteiger partial charge in [-0.15, -0.1) is 0 Å². The smallest absolute Gasteiger partial charge is 0.487 e. The van der Waals surface area contributed by atoms with E-state index in [1.54, 1.807) is 18.2 Å². The number of rotatable bonds is 15. The van der Waals surface area contributed by atoms with E-state index in [4.69, 9.17) is 14.0 Å². The molecule has 52 heavy (non-hydrogen) atoms. The molecule has 3 fully saturated rings. The lowest BCUT2D eigenvalue weighted by molar-refractivity contribution is 0.286. The summed E-state index contributed by atoms with van der Waals surface area (Å²) in [5.41, 5.74) is 2.86. The summed E-state index contributed by atoms with van der Waals surface area (Å²) in [6, 6.07) is 15.1. The number of halogens is 3. The summed E-state index contributed by atoms with van der Waals surface area (Å²) in [5.74, 6) is 1.30. The molecule has 0 amide bonds. The second-order valence-electron chi connectivity index (χ2n) is 16.2. The van der Waals surface area contributed by atoms with Crippen molar-refractivity contribution < 1.29 is 27.1 Å². The molecule has 6 rings (SSSR count). The van der Waals surface area contributed by atoms with Crippen molar-refractivity contribution in [3.8, 4) is 17.2 Å². The topological polar surface area (TPSA) is 27.7 Å². The Morgan fingerprint density at radius 3 is 0.942 bits per heavy atom. The van der Waals surface area contributed by atoms with E-state index in [0.717, 1.165) is 111 Å². The quantitative estimate of drug-likeness (QED) is 0.147. The third-order valence-electron chi connectivity index (χ3n) is 12.6. The van der Waals surface area contributed by atoms with Crippen LogP contribution in [-0.4, -0.2) is 7.32 Å². The van der Waals surface area contributed by atoms with Crippen LogP contribution in [0.5, 0.6) is 17.2 Å². The molecule has 3 saturated carbocycles. The van der Waals surface area contributed by atoms with Crippen molar-refractivity contribution in [3.63, 3.8) is 0 Å². The van der Waals surface area contributed by atoms with Crippen molar-refractivity contribution in [3.05, 3.63) is 88.7 Å². The second kappa shape index (κ2) is 18.8. The Labute approximate surface area is 311 Å². The summed E-state index contributed by atoms with van der Waals surface area (Å²) in [5, 5.41) is 0. The van der Waals surface area contributed by atoms with Gasteiger partial charge in [-0.25, -0.2) is 13.2 Å². The van der Waals surface area contributed by atoms with Gasteiger partial charge in [0.1, 0.15) is 17.2 Å². The highest BCUT2D eigenvalue weighted by Crippen LogP contribution is 2.41. The zero-order chi connectivity index (χ0) is 36.5. The Morgan fingerprint density at radius 1 is 0.442 bits per heavy atom. The number of hydrogen-bond donors (Lipinski definition) is 0. The maximum Gasteiger partial charge on any atom is 0.864 e. The number of benzene rings is 3. The van der Waals surface area contributed by atoms with Crippen LogP contribution >= 0.6 is 0 Å². The molecule has 7 heteroatoms. The van der Waals surface area contributed by atoms with E-state index in [0.29, 0.717) is 17.8 Å². The fourth-order valence-corrected chi connectivity index (χ4v) is 9.56. The summed E-state index contributed by atoms with van der Waals surface area (Å²) in [4.78, 5) is 0. The summed E-state index contributed by atoms with van der Waals surface area (Å²) in [7, 11) is -1.63. The zero-order valence-corrected chi connectivity index (χ0v) is 31.8. The molecule has 0 bridgehead atoms. The monoisotopic (exact) mass is 716 g/mol. The summed E-state index contributed by atoms with van der Waals surface area (Å²) in [6.45, 7) is 6.69. The van der Waals surface area contributed by atoms with Crippen molar-refractivity contribution in [2.45, 2.75) is 154 Å². The molecule has 0 radical (unpaired) electrons. The van der Waals surface area contributed by atoms with Crippen LogP contribution < -0.4 is 14.0 Å². The Kier molecular flexibility index (Phi) is 14.0. The van der Waals surface area contributed by atoms with Crippen LogP contribution in [0.1, 0.15) is 171 Å². The first kappa shape index (κ1) is 38.6. The van der Waals surface area contributed by atoms with Gasteiger partial charge in [-0.3, -0.25) is 0 Å². The van der Waals surface area contributed by atoms with Crippen molar-refractivity contribution in [1.29, 1.82) is 0 Å². The Morgan fingerprint density at radius 2 is 0.712 bits per heavy atom. The predicted octanol–water partition coefficient (Wildman–Crippen LogP) is 13.8. The maximum absolute atomic E-state index is 15.7. The lowest BCUT2D eigenvalue weighted by Gasteiger charge is -2.29. The Balaban J connectivity index is 1.17. The molecule has 3 aromatic carbocycles. The van der Waals surface area contributed by atoms with E-state index >= 15 is 13.2 Å². The lowest BCUT2D eigenvalue weighted by atomic mass is 9.77. The second-order valence-corrected chi connectivity index (χ2v) is 16.2. The van der Waals surface area contributed by atoms with Gasteiger partial charge in [-0.05, 0) is 166 Å². The molecular formula is C45H60BF3O3. The number of hydrogen-bond acceptors (Lipinski definition) is 3. The third kappa shape index (κ3) is 10.1. The molecule has 3 aromatic rings. The van der Waals surface area contributed by atoms with Crippen molar-refractivity contribution in [2.24, 2.45) is 17.8 Å². The van der Waals surface area contributed by atoms with Crippen LogP contribution in [-0.2, 0) is 0 Å². The molecule has 0 aromatic heterocycles. The van der Waals surface area contributed by atoms with Crippen LogP contribution in [0.25, 0.3) is 0 Å². The van der Waals surface area contributed by atoms with E-state index in [9.17, 15) is 0 Å². The highest BCUT2D eigenvalue weighted by atomic mass is 19.1. The highest BCUT2D eigenvalue weighted by Gasteiger charge is 2.35. The minimum atomic E-state index is -1.63. The van der Waals surface area contributed by atoms with Crippen molar-refractivity contribution in [2.75, 3.05) is 0 Å². The first-order valence-corrected chi connectivity index (χ1v) is 20.7. The van der Waals surface area contributed by atoms with Crippen LogP contribution in [0, 0.1) is 35.2 Å². The van der Waals surface area contributed by atoms with Crippen LogP contribution in [0.3, 0.4) is 0 Å². The SMILES string of the molecule is CCC[C@H]1CC[C@H](c2ccc(OB(Oc3ccc([C@H]4CC[C@H](CCC)CC4)cc3F)Oc3ccc([C@H]4CC[C@H](CCC)CC4)cc3F)c(F)c2)CC1. The zero-order valence-electron chi connectivity index (χ0n) is 31.8. The van der Waals surface area contributed by atoms with Crippen molar-refractivity contribution in [1.82, 2.24) is 0 Å². The van der Waals surface area contributed by atoms with Crippen LogP contribution in [0.15, 0.2) is 54.6 Å². The van der Waals surface area contributed by atoms with Gasteiger partial charge in [-0.2, -0.15) is 0 Å². The summed E-state index contributed by atoms with van der Waals surface area (Å²) < 4.78 is 64.9. The van der Waals surface area contributed by atoms with Gasteiger partial charge in [0.2, 0.25) is 0 Å². The molecular weight excluding hydrogens is 656 g/mol. The minimum absolute atomic E-state index is 0.0878. The molecule has 0 saturated heterocycles. The average molecular weight is 717 g/mol. The summed E-state index contributed by atoms with van der Waals surface area (Å²) in [6.07, 6.45) is 20.6. The fourth-order valence-electron chi connectivity index (χ4n) is 9.56. The first-order valence-electron chi connectivity index (χ1n) is 20.7. The molecule has 282 valence electrons. The fraction of sp³-hybridized carbons (Fsp3) is 0.600. The molecule has 3 aliphatic rings. The third-order valence-corrected chi connectivity index (χ3v) is 12.6. The van der Waals surface area contributed by atoms with Crippen LogP contribution in [0.2, 0.25) is 0 Å². The van der Waals surface area contributed by atoms with Gasteiger partial charge in [-0.1, -0.05) is 77.5 Å². The van der Waals surface area contributed by atoms with Gasteiger partial charge >= 0.3 is 7.32 Å². The minimum Gasteiger partial charge on any atom is -0.487 e. The van der Waals surface area contributed by atoms with Crippen LogP contribution in [0.4, 0.5) is 13.2 Å². The molecule has 0 heterocycles. The first-order chi connectivity index (χ1) is 25.3. The van der Waals surface area contributed by atoms with E-state index in [1.165, 1.54) is 56.7 Å². The maximum atomic E-state index is 15.7. The van der Waals surface area contributed by atoms with E-state index in [2.05, 4.69) is 20.8 Å². The van der Waals surface area contributed by atoms with E-state index in [1.807, 2.05) is 18.2 Å². The van der Waals surface area contributed by atoms with Gasteiger partial charge in [0, 0.05) is 0 Å². The molecule has 3 nitrogen and oxygen atoms in total. The van der Waals surface area contributed by atoms with E-state index in [-0.39, 0.29) is 17.2 Å². The molecule has 0 atom stereocenters. The van der Waals surface area contributed by atoms with Gasteiger partial charge < -0.3 is 14.0 Å². The van der Waals surface area contributed by atoms with E-state index < -0.39 is 24.8 Å². The molecule has 3 aliphatic carbocycles. The largest absolute Gasteiger partial charge is 0.864 e. The molecule has 0 aliphatic heterocycles. The molecule has 0 unspecified atom stereocenters. The average Bonchev–Trinajstić information content (AvgIpc) is 3.15. The highest BCUT2D eigenvalue weighted by molar-refractivity contribution is 6.39. The van der Waals surface area contributed by atoms with Gasteiger partial charge in [0.05, 0.1) is 0 Å². The Hall–Kier alpha value is -3.09. The van der Waals surface area contributed by atoms with Gasteiger partial charge in [0.25, 0.3) is 0 Å². The van der Waals surface area contributed by atoms with Gasteiger partial charge in [0.15, 0.2) is 17.5 Å². The molecule has 0 N–H and O–H groups in total. The van der Waals surface area contributed by atoms with Crippen molar-refractivity contribution >= 4 is 7.32 Å². The lowest BCUT2D eigenvalue weighted by Crippen LogP contribution is -2.37. The normalized spacial score (nSPS) is 25.0.